The quantitative estimate of drug-likeness (QED) is 0.817. The number of hydrogen-bond donors (Lipinski definition) is 2. The van der Waals surface area contributed by atoms with Gasteiger partial charge in [-0.3, -0.25) is 14.5 Å². The van der Waals surface area contributed by atoms with Gasteiger partial charge in [-0.25, -0.2) is 0 Å². The van der Waals surface area contributed by atoms with Gasteiger partial charge < -0.3 is 16.0 Å². The molecule has 7 heteroatoms. The van der Waals surface area contributed by atoms with Gasteiger partial charge in [-0.1, -0.05) is 11.6 Å². The Morgan fingerprint density at radius 3 is 2.52 bits per heavy atom. The van der Waals surface area contributed by atoms with E-state index >= 15 is 0 Å². The Bertz CT molecular complexity index is 542. The van der Waals surface area contributed by atoms with Crippen molar-refractivity contribution in [3.63, 3.8) is 0 Å². The summed E-state index contributed by atoms with van der Waals surface area (Å²) in [4.78, 5) is 27.0. The molecular formula is C14H19ClN4O2. The van der Waals surface area contributed by atoms with Gasteiger partial charge in [-0.15, -0.1) is 0 Å². The lowest BCUT2D eigenvalue weighted by atomic mass is 10.2. The number of halogens is 1. The Morgan fingerprint density at radius 2 is 1.95 bits per heavy atom. The Labute approximate surface area is 128 Å². The summed E-state index contributed by atoms with van der Waals surface area (Å²) in [5.74, 6) is -0.0243. The monoisotopic (exact) mass is 310 g/mol. The molecule has 0 unspecified atom stereocenters. The number of carbonyl (C=O) groups excluding carboxylic acids is 2. The van der Waals surface area contributed by atoms with Crippen LogP contribution in [0.15, 0.2) is 18.2 Å². The van der Waals surface area contributed by atoms with Gasteiger partial charge in [-0.05, 0) is 18.2 Å². The molecule has 1 aliphatic heterocycles. The van der Waals surface area contributed by atoms with Crippen molar-refractivity contribution < 1.29 is 9.59 Å². The second-order valence-corrected chi connectivity index (χ2v) is 5.47. The van der Waals surface area contributed by atoms with E-state index in [1.165, 1.54) is 0 Å². The fourth-order valence-corrected chi connectivity index (χ4v) is 2.36. The maximum absolute atomic E-state index is 12.0. The van der Waals surface area contributed by atoms with Crippen LogP contribution in [0, 0.1) is 0 Å². The van der Waals surface area contributed by atoms with E-state index < -0.39 is 0 Å². The van der Waals surface area contributed by atoms with E-state index in [9.17, 15) is 9.59 Å². The molecule has 0 saturated carbocycles. The van der Waals surface area contributed by atoms with Crippen LogP contribution in [-0.4, -0.2) is 54.3 Å². The molecule has 0 radical (unpaired) electrons. The minimum Gasteiger partial charge on any atom is -0.397 e. The molecule has 1 fully saturated rings. The van der Waals surface area contributed by atoms with Crippen LogP contribution in [0.25, 0.3) is 0 Å². The topological polar surface area (TPSA) is 78.7 Å². The van der Waals surface area contributed by atoms with Crippen LogP contribution in [0.3, 0.4) is 0 Å². The normalized spacial score (nSPS) is 15.8. The summed E-state index contributed by atoms with van der Waals surface area (Å²) < 4.78 is 0. The zero-order valence-corrected chi connectivity index (χ0v) is 12.7. The third kappa shape index (κ3) is 4.34. The van der Waals surface area contributed by atoms with Crippen LogP contribution < -0.4 is 11.1 Å². The molecule has 0 atom stereocenters. The predicted molar refractivity (Wildman–Crippen MR) is 83.2 cm³/mol. The van der Waals surface area contributed by atoms with Gasteiger partial charge in [0.25, 0.3) is 0 Å². The molecule has 1 aromatic rings. The molecule has 1 saturated heterocycles. The summed E-state index contributed by atoms with van der Waals surface area (Å²) in [6, 6.07) is 5.00. The van der Waals surface area contributed by atoms with E-state index in [-0.39, 0.29) is 11.8 Å². The second kappa shape index (κ2) is 6.78. The highest BCUT2D eigenvalue weighted by Gasteiger charge is 2.20. The number of nitrogens with zero attached hydrogens (tertiary/aromatic N) is 2. The summed E-state index contributed by atoms with van der Waals surface area (Å²) in [5, 5.41) is 3.26. The minimum absolute atomic E-state index is 0.0794. The van der Waals surface area contributed by atoms with Crippen LogP contribution >= 0.6 is 11.6 Å². The molecular weight excluding hydrogens is 292 g/mol. The Balaban J connectivity index is 1.82. The lowest BCUT2D eigenvalue weighted by Gasteiger charge is -2.33. The van der Waals surface area contributed by atoms with E-state index in [1.54, 1.807) is 30.0 Å². The van der Waals surface area contributed by atoms with E-state index in [1.807, 2.05) is 4.90 Å². The first-order chi connectivity index (χ1) is 9.95. The molecule has 1 aromatic carbocycles. The van der Waals surface area contributed by atoms with Crippen molar-refractivity contribution >= 4 is 34.8 Å². The number of anilines is 2. The lowest BCUT2D eigenvalue weighted by Crippen LogP contribution is -2.49. The average molecular weight is 311 g/mol. The molecule has 21 heavy (non-hydrogen) atoms. The fraction of sp³-hybridized carbons (Fsp3) is 0.429. The highest BCUT2D eigenvalue weighted by atomic mass is 35.5. The smallest absolute Gasteiger partial charge is 0.238 e. The van der Waals surface area contributed by atoms with E-state index in [2.05, 4.69) is 5.32 Å². The molecule has 1 aliphatic rings. The Morgan fingerprint density at radius 1 is 1.29 bits per heavy atom. The molecule has 0 aromatic heterocycles. The van der Waals surface area contributed by atoms with Crippen LogP contribution in [0.1, 0.15) is 6.92 Å². The fourth-order valence-electron chi connectivity index (χ4n) is 2.25. The third-order valence-corrected chi connectivity index (χ3v) is 3.81. The van der Waals surface area contributed by atoms with Crippen LogP contribution in [-0.2, 0) is 9.59 Å². The molecule has 3 N–H and O–H groups in total. The molecule has 1 heterocycles. The first kappa shape index (κ1) is 15.6. The van der Waals surface area contributed by atoms with Crippen LogP contribution in [0.2, 0.25) is 5.02 Å². The minimum atomic E-state index is -0.104. The first-order valence-corrected chi connectivity index (χ1v) is 7.16. The summed E-state index contributed by atoms with van der Waals surface area (Å²) in [7, 11) is 0. The van der Waals surface area contributed by atoms with Crippen LogP contribution in [0.5, 0.6) is 0 Å². The zero-order chi connectivity index (χ0) is 15.4. The molecule has 2 rings (SSSR count). The highest BCUT2D eigenvalue weighted by molar-refractivity contribution is 6.33. The SMILES string of the molecule is CC(=O)N1CCN(CC(=O)Nc2ccc(Cl)c(N)c2)CC1. The van der Waals surface area contributed by atoms with Gasteiger partial charge in [0.15, 0.2) is 0 Å². The maximum atomic E-state index is 12.0. The van der Waals surface area contributed by atoms with Crippen molar-refractivity contribution in [2.24, 2.45) is 0 Å². The van der Waals surface area contributed by atoms with Crippen molar-refractivity contribution in [3.8, 4) is 0 Å². The molecule has 0 aliphatic carbocycles. The van der Waals surface area contributed by atoms with E-state index in [4.69, 9.17) is 17.3 Å². The largest absolute Gasteiger partial charge is 0.397 e. The summed E-state index contributed by atoms with van der Waals surface area (Å²) >= 11 is 5.83. The standard InChI is InChI=1S/C14H19ClN4O2/c1-10(20)19-6-4-18(5-7-19)9-14(21)17-11-2-3-12(15)13(16)8-11/h2-3,8H,4-7,9,16H2,1H3,(H,17,21). The maximum Gasteiger partial charge on any atom is 0.238 e. The number of nitrogen functional groups attached to an aromatic ring is 1. The van der Waals surface area contributed by atoms with Crippen molar-refractivity contribution in [1.82, 2.24) is 9.80 Å². The van der Waals surface area contributed by atoms with Gasteiger partial charge >= 0.3 is 0 Å². The second-order valence-electron chi connectivity index (χ2n) is 5.07. The summed E-state index contributed by atoms with van der Waals surface area (Å²) in [6.07, 6.45) is 0. The van der Waals surface area contributed by atoms with Gasteiger partial charge in [0.05, 0.1) is 17.3 Å². The number of nitrogens with two attached hydrogens (primary N) is 1. The van der Waals surface area contributed by atoms with Crippen molar-refractivity contribution in [2.45, 2.75) is 6.92 Å². The number of piperazine rings is 1. The van der Waals surface area contributed by atoms with Gasteiger partial charge in [0.2, 0.25) is 11.8 Å². The molecule has 0 spiro atoms. The lowest BCUT2D eigenvalue weighted by molar-refractivity contribution is -0.130. The average Bonchev–Trinajstić information content (AvgIpc) is 2.43. The molecule has 2 amide bonds. The number of amides is 2. The zero-order valence-electron chi connectivity index (χ0n) is 11.9. The number of hydrogen-bond acceptors (Lipinski definition) is 4. The van der Waals surface area contributed by atoms with Gasteiger partial charge in [0.1, 0.15) is 0 Å². The van der Waals surface area contributed by atoms with Gasteiger partial charge in [0, 0.05) is 38.8 Å². The molecule has 6 nitrogen and oxygen atoms in total. The number of rotatable bonds is 3. The molecule has 114 valence electrons. The van der Waals surface area contributed by atoms with Crippen LogP contribution in [0.4, 0.5) is 11.4 Å². The molecule has 0 bridgehead atoms. The van der Waals surface area contributed by atoms with Gasteiger partial charge in [-0.2, -0.15) is 0 Å². The summed E-state index contributed by atoms with van der Waals surface area (Å²) in [5.41, 5.74) is 6.76. The number of carbonyl (C=O) groups is 2. The van der Waals surface area contributed by atoms with Crippen molar-refractivity contribution in [3.05, 3.63) is 23.2 Å². The van der Waals surface area contributed by atoms with Crippen molar-refractivity contribution in [1.29, 1.82) is 0 Å². The number of benzene rings is 1. The Hall–Kier alpha value is -1.79. The van der Waals surface area contributed by atoms with E-state index in [0.717, 1.165) is 0 Å². The number of nitrogens with one attached hydrogen (secondary N) is 1. The Kier molecular flexibility index (Phi) is 5.03. The van der Waals surface area contributed by atoms with E-state index in [0.29, 0.717) is 49.1 Å². The van der Waals surface area contributed by atoms with Crippen molar-refractivity contribution in [2.75, 3.05) is 43.8 Å². The first-order valence-electron chi connectivity index (χ1n) is 6.78. The predicted octanol–water partition coefficient (Wildman–Crippen LogP) is 1.02. The highest BCUT2D eigenvalue weighted by Crippen LogP contribution is 2.22. The third-order valence-electron chi connectivity index (χ3n) is 3.46. The summed E-state index contributed by atoms with van der Waals surface area (Å²) in [6.45, 7) is 4.60.